The monoisotopic (exact) mass is 935 g/mol. The fourth-order valence-corrected chi connectivity index (χ4v) is 13.5. The van der Waals surface area contributed by atoms with Gasteiger partial charge in [-0.05, 0) is 148 Å². The van der Waals surface area contributed by atoms with Crippen LogP contribution in [0, 0.1) is 0 Å². The Bertz CT molecular complexity index is 4540. The molecule has 1 aliphatic heterocycles. The van der Waals surface area contributed by atoms with E-state index in [1.807, 2.05) is 11.3 Å². The Hall–Kier alpha value is -8.76. The number of fused-ring (bicyclic) bond motifs is 22. The molecule has 0 bridgehead atoms. The third kappa shape index (κ3) is 6.01. The molecule has 12 aromatic carbocycles. The molecule has 0 saturated carbocycles. The molecule has 2 nitrogen and oxygen atoms in total. The minimum atomic E-state index is -0.191. The average molecular weight is 936 g/mol. The summed E-state index contributed by atoms with van der Waals surface area (Å²) in [5.74, 6) is 1.70. The molecule has 0 fully saturated rings. The van der Waals surface area contributed by atoms with Crippen molar-refractivity contribution in [3.8, 4) is 44.9 Å². The van der Waals surface area contributed by atoms with Crippen LogP contribution in [0.1, 0.15) is 25.0 Å². The number of hydrogen-bond donors (Lipinski definition) is 0. The minimum absolute atomic E-state index is 0.191. The lowest BCUT2D eigenvalue weighted by molar-refractivity contribution is 0.488. The van der Waals surface area contributed by atoms with Gasteiger partial charge < -0.3 is 9.64 Å². The van der Waals surface area contributed by atoms with Crippen molar-refractivity contribution >= 4 is 102 Å². The molecule has 3 heteroatoms. The average Bonchev–Trinajstić information content (AvgIpc) is 3.87. The van der Waals surface area contributed by atoms with Crippen molar-refractivity contribution in [2.75, 3.05) is 4.90 Å². The quantitative estimate of drug-likeness (QED) is 0.175. The van der Waals surface area contributed by atoms with E-state index in [0.29, 0.717) is 0 Å². The molecule has 13 aromatic rings. The van der Waals surface area contributed by atoms with Crippen molar-refractivity contribution in [1.29, 1.82) is 0 Å². The van der Waals surface area contributed by atoms with Gasteiger partial charge in [0.1, 0.15) is 11.5 Å². The van der Waals surface area contributed by atoms with Gasteiger partial charge in [0.05, 0.1) is 0 Å². The fraction of sp³-hybridized carbons (Fsp3) is 0.0435. The summed E-state index contributed by atoms with van der Waals surface area (Å²) >= 11 is 1.88. The predicted octanol–water partition coefficient (Wildman–Crippen LogP) is 20.2. The summed E-state index contributed by atoms with van der Waals surface area (Å²) in [4.78, 5) is 2.48. The molecule has 1 aliphatic carbocycles. The largest absolute Gasteiger partial charge is 0.456 e. The maximum Gasteiger partial charge on any atom is 0.135 e. The summed E-state index contributed by atoms with van der Waals surface area (Å²) in [6, 6.07) is 87.9. The molecule has 0 radical (unpaired) electrons. The van der Waals surface area contributed by atoms with Crippen molar-refractivity contribution in [1.82, 2.24) is 0 Å². The zero-order chi connectivity index (χ0) is 47.7. The number of hydrogen-bond acceptors (Lipinski definition) is 3. The maximum atomic E-state index is 6.84. The highest BCUT2D eigenvalue weighted by Gasteiger charge is 2.36. The highest BCUT2D eigenvalue weighted by Crippen LogP contribution is 2.53. The van der Waals surface area contributed by atoms with E-state index >= 15 is 0 Å². The number of benzene rings is 11. The summed E-state index contributed by atoms with van der Waals surface area (Å²) in [5, 5.41) is 14.7. The second kappa shape index (κ2) is 15.6. The summed E-state index contributed by atoms with van der Waals surface area (Å²) in [6.45, 7) is 4.74. The van der Waals surface area contributed by atoms with Crippen LogP contribution in [0.25, 0.3) is 107 Å². The van der Waals surface area contributed by atoms with Gasteiger partial charge in [-0.2, -0.15) is 0 Å². The van der Waals surface area contributed by atoms with Crippen LogP contribution in [0.2, 0.25) is 0 Å². The molecule has 0 saturated heterocycles. The summed E-state index contributed by atoms with van der Waals surface area (Å²) in [7, 11) is 0. The first-order valence-corrected chi connectivity index (χ1v) is 25.7. The van der Waals surface area contributed by atoms with Crippen LogP contribution in [0.5, 0.6) is 11.5 Å². The van der Waals surface area contributed by atoms with Gasteiger partial charge in [-0.3, -0.25) is 0 Å². The van der Waals surface area contributed by atoms with Crippen molar-refractivity contribution < 1.29 is 4.74 Å². The molecule has 15 rings (SSSR count). The van der Waals surface area contributed by atoms with E-state index in [1.54, 1.807) is 0 Å². The highest BCUT2D eigenvalue weighted by molar-refractivity contribution is 7.26. The molecule has 338 valence electrons. The highest BCUT2D eigenvalue weighted by atomic mass is 32.1. The molecule has 0 unspecified atom stereocenters. The van der Waals surface area contributed by atoms with Gasteiger partial charge >= 0.3 is 0 Å². The van der Waals surface area contributed by atoms with Crippen molar-refractivity contribution in [3.63, 3.8) is 0 Å². The van der Waals surface area contributed by atoms with Crippen molar-refractivity contribution in [3.05, 3.63) is 248 Å². The van der Waals surface area contributed by atoms with Gasteiger partial charge in [0.25, 0.3) is 0 Å². The number of rotatable bonds is 3. The van der Waals surface area contributed by atoms with Crippen LogP contribution < -0.4 is 9.64 Å². The topological polar surface area (TPSA) is 12.5 Å². The van der Waals surface area contributed by atoms with Gasteiger partial charge in [-0.15, -0.1) is 11.3 Å². The van der Waals surface area contributed by atoms with Gasteiger partial charge in [0.2, 0.25) is 0 Å². The predicted molar refractivity (Wildman–Crippen MR) is 308 cm³/mol. The smallest absolute Gasteiger partial charge is 0.135 e. The molecule has 72 heavy (non-hydrogen) atoms. The maximum absolute atomic E-state index is 6.84. The number of thiophene rings is 1. The molecule has 0 amide bonds. The second-order valence-corrected chi connectivity index (χ2v) is 21.0. The molecule has 0 atom stereocenters. The van der Waals surface area contributed by atoms with Crippen LogP contribution in [0.4, 0.5) is 17.1 Å². The van der Waals surface area contributed by atoms with E-state index in [-0.39, 0.29) is 5.41 Å². The van der Waals surface area contributed by atoms with E-state index in [0.717, 1.165) is 50.8 Å². The van der Waals surface area contributed by atoms with Crippen LogP contribution in [-0.4, -0.2) is 0 Å². The Balaban J connectivity index is 1.09. The normalized spacial score (nSPS) is 13.1. The first-order valence-electron chi connectivity index (χ1n) is 24.9. The Morgan fingerprint density at radius 2 is 0.778 bits per heavy atom. The summed E-state index contributed by atoms with van der Waals surface area (Å²) in [5.41, 5.74) is 12.8. The Labute approximate surface area is 421 Å². The molecule has 0 spiro atoms. The first kappa shape index (κ1) is 41.1. The van der Waals surface area contributed by atoms with E-state index in [9.17, 15) is 0 Å². The fourth-order valence-electron chi connectivity index (χ4n) is 12.4. The minimum Gasteiger partial charge on any atom is -0.456 e. The van der Waals surface area contributed by atoms with Gasteiger partial charge in [-0.25, -0.2) is 0 Å². The zero-order valence-electron chi connectivity index (χ0n) is 39.8. The third-order valence-corrected chi connectivity index (χ3v) is 16.8. The van der Waals surface area contributed by atoms with Crippen LogP contribution in [0.3, 0.4) is 0 Å². The zero-order valence-corrected chi connectivity index (χ0v) is 40.6. The number of ether oxygens (including phenoxy) is 1. The number of nitrogens with zero attached hydrogens (tertiary/aromatic N) is 1. The lowest BCUT2D eigenvalue weighted by Gasteiger charge is -2.29. The standard InChI is InChI=1S/C69H45NOS/c1-69(2)61-28-14-11-24-53(61)54-35-32-44(41-62(54)69)70(43-33-37-64-60(40-43)51-23-8-7-21-49(51)55-25-12-15-29-63(55)71-64)42-31-34-52-48-20-6-4-18-46(48)45-17-3-5-19-47(45)50-22-9-10-26-56(50)67-57(59(52)39-42)36-38-66-68(67)58-27-13-16-30-65(58)72-66/h3-41H,1-2H3. The molecular weight excluding hydrogens is 891 g/mol. The van der Waals surface area contributed by atoms with E-state index in [4.69, 9.17) is 4.74 Å². The lowest BCUT2D eigenvalue weighted by Crippen LogP contribution is -2.16. The van der Waals surface area contributed by atoms with Gasteiger partial charge in [0.15, 0.2) is 0 Å². The third-order valence-electron chi connectivity index (χ3n) is 15.7. The van der Waals surface area contributed by atoms with Crippen molar-refractivity contribution in [2.45, 2.75) is 19.3 Å². The molecule has 2 heterocycles. The van der Waals surface area contributed by atoms with E-state index < -0.39 is 0 Å². The Morgan fingerprint density at radius 1 is 0.306 bits per heavy atom. The van der Waals surface area contributed by atoms with E-state index in [1.165, 1.54) is 96.3 Å². The lowest BCUT2D eigenvalue weighted by atomic mass is 9.82. The summed E-state index contributed by atoms with van der Waals surface area (Å²) in [6.07, 6.45) is 0. The van der Waals surface area contributed by atoms with Crippen LogP contribution >= 0.6 is 11.3 Å². The Kier molecular flexibility index (Phi) is 8.91. The number of anilines is 3. The molecule has 0 N–H and O–H groups in total. The van der Waals surface area contributed by atoms with Crippen LogP contribution in [-0.2, 0) is 5.41 Å². The molecule has 1 aromatic heterocycles. The Morgan fingerprint density at radius 3 is 1.51 bits per heavy atom. The van der Waals surface area contributed by atoms with E-state index in [2.05, 4.69) is 255 Å². The SMILES string of the molecule is CC1(C)c2ccccc2-c2ccc(N(c3ccc4c(c3)-c3ccccc3-c3ccccc3O4)c3ccc4c5ccccc5c5ccccc5c5ccccc5c5c(ccc6sc7ccccc7c65)c4c3)cc21. The molecule has 2 aliphatic rings. The molecular formula is C69H45NOS. The first-order chi connectivity index (χ1) is 35.5. The second-order valence-electron chi connectivity index (χ2n) is 19.9. The number of para-hydroxylation sites is 1. The summed E-state index contributed by atoms with van der Waals surface area (Å²) < 4.78 is 9.42. The van der Waals surface area contributed by atoms with Crippen LogP contribution in [0.15, 0.2) is 237 Å². The van der Waals surface area contributed by atoms with Gasteiger partial charge in [-0.1, -0.05) is 190 Å². The van der Waals surface area contributed by atoms with Gasteiger partial charge in [0, 0.05) is 53.8 Å². The van der Waals surface area contributed by atoms with Crippen molar-refractivity contribution in [2.24, 2.45) is 0 Å².